The Labute approximate surface area is 280 Å². The number of nitrogens with one attached hydrogen (secondary N) is 3. The van der Waals surface area contributed by atoms with E-state index in [4.69, 9.17) is 14.7 Å². The van der Waals surface area contributed by atoms with Crippen molar-refractivity contribution in [2.24, 2.45) is 9.98 Å². The fraction of sp³-hybridized carbons (Fsp3) is 0.425. The molecule has 47 heavy (non-hydrogen) atoms. The first-order valence-corrected chi connectivity index (χ1v) is 16.9. The molecular weight excluding hydrogens is 582 g/mol. The molecule has 0 amide bonds. The Morgan fingerprint density at radius 2 is 1.49 bits per heavy atom. The van der Waals surface area contributed by atoms with Crippen LogP contribution < -0.4 is 0 Å². The van der Waals surface area contributed by atoms with Gasteiger partial charge in [0.15, 0.2) is 0 Å². The predicted octanol–water partition coefficient (Wildman–Crippen LogP) is 9.62. The molecule has 2 aliphatic heterocycles. The lowest BCUT2D eigenvalue weighted by Crippen LogP contribution is -2.24. The second kappa shape index (κ2) is 13.0. The number of aromatic amines is 3. The summed E-state index contributed by atoms with van der Waals surface area (Å²) in [7, 11) is 0. The smallest absolute Gasteiger partial charge is 0.355 e. The van der Waals surface area contributed by atoms with Gasteiger partial charge in [0, 0.05) is 47.0 Å². The standard InChI is InChI=1S/C40H51N5O2/c1-13-30-25(7)35(43-36(30)18-29-16-15-28(42-29)17-32-22(4)21(3)27(9)41-32)20-37-31(14-2)26(8)34(44-37)19-33-23(5)24(6)38(45-33)39(46)47-40(10,11)12/h15-17,20,42-43,45H,13-14,18-19H2,1-12H3/b32-17+,37-20-. The summed E-state index contributed by atoms with van der Waals surface area (Å²) in [5.41, 5.74) is 19.3. The maximum atomic E-state index is 12.9. The third-order valence-corrected chi connectivity index (χ3v) is 9.76. The quantitative estimate of drug-likeness (QED) is 0.205. The summed E-state index contributed by atoms with van der Waals surface area (Å²) in [6.45, 7) is 24.8. The van der Waals surface area contributed by atoms with Crippen LogP contribution in [0.5, 0.6) is 0 Å². The molecule has 5 heterocycles. The lowest BCUT2D eigenvalue weighted by Gasteiger charge is -2.19. The lowest BCUT2D eigenvalue weighted by atomic mass is 9.99. The van der Waals surface area contributed by atoms with Crippen LogP contribution in [0.4, 0.5) is 0 Å². The molecule has 0 spiro atoms. The number of hydrogen-bond donors (Lipinski definition) is 3. The zero-order valence-corrected chi connectivity index (χ0v) is 30.3. The summed E-state index contributed by atoms with van der Waals surface area (Å²) in [5.74, 6) is -0.322. The molecule has 0 radical (unpaired) electrons. The minimum Gasteiger partial charge on any atom is -0.455 e. The SMILES string of the molecule is CCC1=C(C)C(Cc2[nH]c(C(=O)OC(C)(C)C)c(C)c2C)=N/C1=C\c1[nH]c(Cc2ccc(/C=C3/N=C(C)C(C)=C3C)[nH]2)c(CC)c1C. The third-order valence-electron chi connectivity index (χ3n) is 9.76. The van der Waals surface area contributed by atoms with Gasteiger partial charge in [-0.05, 0) is 151 Å². The second-order valence-electron chi connectivity index (χ2n) is 14.0. The van der Waals surface area contributed by atoms with Crippen molar-refractivity contribution in [3.63, 3.8) is 0 Å². The van der Waals surface area contributed by atoms with Crippen molar-refractivity contribution in [2.75, 3.05) is 0 Å². The Hall–Kier alpha value is -4.39. The van der Waals surface area contributed by atoms with Crippen LogP contribution in [0.1, 0.15) is 130 Å². The molecule has 3 aromatic rings. The molecule has 0 saturated carbocycles. The Kier molecular flexibility index (Phi) is 9.40. The fourth-order valence-corrected chi connectivity index (χ4v) is 6.60. The number of H-pyrrole nitrogens is 3. The molecular formula is C40H51N5O2. The second-order valence-corrected chi connectivity index (χ2v) is 14.0. The van der Waals surface area contributed by atoms with Crippen LogP contribution in [0.25, 0.3) is 12.2 Å². The van der Waals surface area contributed by atoms with Gasteiger partial charge in [0.1, 0.15) is 11.3 Å². The van der Waals surface area contributed by atoms with Crippen LogP contribution in [0, 0.1) is 20.8 Å². The molecule has 0 atom stereocenters. The van der Waals surface area contributed by atoms with Crippen molar-refractivity contribution >= 4 is 29.5 Å². The van der Waals surface area contributed by atoms with Gasteiger partial charge in [-0.25, -0.2) is 4.79 Å². The minimum atomic E-state index is -0.553. The molecule has 0 fully saturated rings. The van der Waals surface area contributed by atoms with Crippen molar-refractivity contribution in [2.45, 2.75) is 114 Å². The van der Waals surface area contributed by atoms with E-state index in [-0.39, 0.29) is 5.97 Å². The molecule has 7 nitrogen and oxygen atoms in total. The van der Waals surface area contributed by atoms with Gasteiger partial charge in [0.2, 0.25) is 0 Å². The number of allylic oxidation sites excluding steroid dienone is 4. The van der Waals surface area contributed by atoms with Crippen LogP contribution in [0.2, 0.25) is 0 Å². The minimum absolute atomic E-state index is 0.322. The zero-order chi connectivity index (χ0) is 34.4. The molecule has 3 N–H and O–H groups in total. The van der Waals surface area contributed by atoms with Gasteiger partial charge in [-0.1, -0.05) is 13.8 Å². The summed E-state index contributed by atoms with van der Waals surface area (Å²) in [6.07, 6.45) is 7.62. The predicted molar refractivity (Wildman–Crippen MR) is 196 cm³/mol. The highest BCUT2D eigenvalue weighted by Gasteiger charge is 2.26. The van der Waals surface area contributed by atoms with Gasteiger partial charge >= 0.3 is 5.97 Å². The number of ether oxygens (including phenoxy) is 1. The Morgan fingerprint density at radius 3 is 2.11 bits per heavy atom. The Balaban J connectivity index is 1.41. The molecule has 2 aliphatic rings. The first-order valence-electron chi connectivity index (χ1n) is 16.9. The average molecular weight is 634 g/mol. The van der Waals surface area contributed by atoms with Crippen LogP contribution in [0.15, 0.2) is 55.8 Å². The first kappa shape index (κ1) is 34.0. The van der Waals surface area contributed by atoms with Crippen molar-refractivity contribution in [3.05, 3.63) is 102 Å². The van der Waals surface area contributed by atoms with Crippen LogP contribution in [-0.2, 0) is 24.0 Å². The highest BCUT2D eigenvalue weighted by atomic mass is 16.6. The normalized spacial score (nSPS) is 17.1. The van der Waals surface area contributed by atoms with Crippen LogP contribution in [-0.4, -0.2) is 37.9 Å². The number of hydrogen-bond acceptors (Lipinski definition) is 4. The summed E-state index contributed by atoms with van der Waals surface area (Å²) >= 11 is 0. The van der Waals surface area contributed by atoms with E-state index in [2.05, 4.69) is 94.6 Å². The van der Waals surface area contributed by atoms with E-state index in [0.717, 1.165) is 76.0 Å². The molecule has 248 valence electrons. The molecule has 0 aromatic carbocycles. The van der Waals surface area contributed by atoms with Crippen LogP contribution in [0.3, 0.4) is 0 Å². The largest absolute Gasteiger partial charge is 0.455 e. The third kappa shape index (κ3) is 6.85. The Bertz CT molecular complexity index is 1930. The number of carbonyl (C=O) groups excluding carboxylic acids is 1. The number of aliphatic imine (C=N–C) groups is 2. The molecule has 0 saturated heterocycles. The summed E-state index contributed by atoms with van der Waals surface area (Å²) in [6, 6.07) is 4.31. The maximum absolute atomic E-state index is 12.9. The number of carbonyl (C=O) groups is 1. The highest BCUT2D eigenvalue weighted by Crippen LogP contribution is 2.34. The van der Waals surface area contributed by atoms with Gasteiger partial charge in [-0.3, -0.25) is 9.98 Å². The average Bonchev–Trinajstić information content (AvgIpc) is 3.77. The molecule has 3 aromatic heterocycles. The van der Waals surface area contributed by atoms with E-state index >= 15 is 0 Å². The van der Waals surface area contributed by atoms with Gasteiger partial charge in [0.05, 0.1) is 17.1 Å². The van der Waals surface area contributed by atoms with Gasteiger partial charge < -0.3 is 19.7 Å². The van der Waals surface area contributed by atoms with Gasteiger partial charge in [-0.15, -0.1) is 0 Å². The number of nitrogens with zero attached hydrogens (tertiary/aromatic N) is 2. The van der Waals surface area contributed by atoms with Crippen LogP contribution >= 0.6 is 0 Å². The molecule has 0 unspecified atom stereocenters. The lowest BCUT2D eigenvalue weighted by molar-refractivity contribution is 0.00625. The monoisotopic (exact) mass is 633 g/mol. The number of aromatic nitrogens is 3. The van der Waals surface area contributed by atoms with E-state index in [1.807, 2.05) is 27.7 Å². The van der Waals surface area contributed by atoms with E-state index < -0.39 is 5.60 Å². The van der Waals surface area contributed by atoms with Crippen molar-refractivity contribution in [1.29, 1.82) is 0 Å². The topological polar surface area (TPSA) is 98.4 Å². The number of esters is 1. The molecule has 0 aliphatic carbocycles. The molecule has 5 rings (SSSR count). The van der Waals surface area contributed by atoms with Crippen molar-refractivity contribution in [3.8, 4) is 0 Å². The zero-order valence-electron chi connectivity index (χ0n) is 30.3. The summed E-state index contributed by atoms with van der Waals surface area (Å²) < 4.78 is 5.66. The van der Waals surface area contributed by atoms with E-state index in [1.165, 1.54) is 39.1 Å². The summed E-state index contributed by atoms with van der Waals surface area (Å²) in [4.78, 5) is 33.6. The number of rotatable bonds is 9. The maximum Gasteiger partial charge on any atom is 0.355 e. The fourth-order valence-electron chi connectivity index (χ4n) is 6.60. The first-order chi connectivity index (χ1) is 22.1. The van der Waals surface area contributed by atoms with Gasteiger partial charge in [0.25, 0.3) is 0 Å². The summed E-state index contributed by atoms with van der Waals surface area (Å²) in [5, 5.41) is 0. The van der Waals surface area contributed by atoms with Gasteiger partial charge in [-0.2, -0.15) is 0 Å². The highest BCUT2D eigenvalue weighted by molar-refractivity contribution is 6.06. The molecule has 7 heteroatoms. The van der Waals surface area contributed by atoms with E-state index in [9.17, 15) is 4.79 Å². The van der Waals surface area contributed by atoms with E-state index in [1.54, 1.807) is 0 Å². The Morgan fingerprint density at radius 1 is 0.766 bits per heavy atom. The molecule has 0 bridgehead atoms. The van der Waals surface area contributed by atoms with Crippen molar-refractivity contribution < 1.29 is 9.53 Å². The van der Waals surface area contributed by atoms with Crippen molar-refractivity contribution in [1.82, 2.24) is 15.0 Å². The van der Waals surface area contributed by atoms with E-state index in [0.29, 0.717) is 12.1 Å².